The first-order valence-corrected chi connectivity index (χ1v) is 17.1. The molecule has 1 saturated heterocycles. The van der Waals surface area contributed by atoms with Gasteiger partial charge in [0.25, 0.3) is 11.5 Å². The molecule has 20 heteroatoms. The minimum atomic E-state index is -4.83. The number of hydrogen-bond donors (Lipinski definition) is 1. The number of benzene rings is 1. The third-order valence-corrected chi connectivity index (χ3v) is 9.73. The lowest BCUT2D eigenvalue weighted by atomic mass is 9.90. The number of aryl methyl sites for hydroxylation is 1. The van der Waals surface area contributed by atoms with E-state index in [2.05, 4.69) is 20.6 Å². The van der Waals surface area contributed by atoms with E-state index in [4.69, 9.17) is 4.74 Å². The highest BCUT2D eigenvalue weighted by atomic mass is 19.4. The van der Waals surface area contributed by atoms with Crippen LogP contribution in [-0.4, -0.2) is 95.7 Å². The van der Waals surface area contributed by atoms with Crippen LogP contribution in [0.25, 0.3) is 11.3 Å². The Morgan fingerprint density at radius 2 is 1.80 bits per heavy atom. The fraction of sp³-hybridized carbons (Fsp3) is 0.457. The van der Waals surface area contributed by atoms with E-state index in [0.29, 0.717) is 16.8 Å². The highest BCUT2D eigenvalue weighted by Gasteiger charge is 2.42. The SMILES string of the molecule is COc1cc(=O)n(C)nc1-c1ccc(F)c2c1CCN([C@H](Cc1cnn(C(F)F)c1)C(=O)NC(C)(C)Cn1nc(C(F)(F)F)cc1C1CCN(C)C1=O)C2=O. The van der Waals surface area contributed by atoms with Gasteiger partial charge in [-0.1, -0.05) is 0 Å². The molecule has 4 aromatic rings. The maximum atomic E-state index is 15.6. The number of fused-ring (bicyclic) bond motifs is 1. The summed E-state index contributed by atoms with van der Waals surface area (Å²) in [4.78, 5) is 56.1. The van der Waals surface area contributed by atoms with E-state index in [0.717, 1.165) is 38.8 Å². The number of alkyl halides is 5. The van der Waals surface area contributed by atoms with E-state index in [1.54, 1.807) is 0 Å². The van der Waals surface area contributed by atoms with Crippen LogP contribution in [0.4, 0.5) is 26.3 Å². The summed E-state index contributed by atoms with van der Waals surface area (Å²) in [6.45, 7) is -0.167. The molecule has 3 aromatic heterocycles. The summed E-state index contributed by atoms with van der Waals surface area (Å²) in [5.74, 6) is -3.86. The molecule has 3 amide bonds. The molecule has 0 bridgehead atoms. The van der Waals surface area contributed by atoms with Gasteiger partial charge in [0.1, 0.15) is 17.6 Å². The van der Waals surface area contributed by atoms with E-state index in [1.165, 1.54) is 52.1 Å². The van der Waals surface area contributed by atoms with Crippen molar-refractivity contribution in [2.45, 2.75) is 69.9 Å². The van der Waals surface area contributed by atoms with Crippen molar-refractivity contribution in [3.8, 4) is 17.0 Å². The molecule has 294 valence electrons. The first kappa shape index (κ1) is 39.0. The molecule has 0 radical (unpaired) electrons. The Balaban J connectivity index is 1.35. The van der Waals surface area contributed by atoms with Crippen LogP contribution in [0.1, 0.15) is 65.6 Å². The number of rotatable bonds is 11. The van der Waals surface area contributed by atoms with Crippen LogP contribution in [0.2, 0.25) is 0 Å². The summed E-state index contributed by atoms with van der Waals surface area (Å²) < 4.78 is 91.9. The molecule has 0 aliphatic carbocycles. The number of nitrogens with one attached hydrogen (secondary N) is 1. The molecule has 1 fully saturated rings. The van der Waals surface area contributed by atoms with Gasteiger partial charge < -0.3 is 19.9 Å². The van der Waals surface area contributed by atoms with Crippen LogP contribution >= 0.6 is 0 Å². The maximum absolute atomic E-state index is 15.6. The van der Waals surface area contributed by atoms with Crippen molar-refractivity contribution in [3.05, 3.63) is 80.9 Å². The van der Waals surface area contributed by atoms with Crippen molar-refractivity contribution in [1.82, 2.24) is 44.5 Å². The van der Waals surface area contributed by atoms with Gasteiger partial charge in [-0.25, -0.2) is 13.8 Å². The number of halogens is 6. The second-order valence-electron chi connectivity index (χ2n) is 14.1. The molecule has 0 saturated carbocycles. The molecule has 1 N–H and O–H groups in total. The van der Waals surface area contributed by atoms with Gasteiger partial charge in [-0.3, -0.25) is 23.9 Å². The third kappa shape index (κ3) is 7.66. The molecule has 2 atom stereocenters. The van der Waals surface area contributed by atoms with Gasteiger partial charge in [0.05, 0.1) is 42.6 Å². The normalized spacial score (nSPS) is 16.9. The molecule has 2 aliphatic heterocycles. The molecule has 1 aromatic carbocycles. The van der Waals surface area contributed by atoms with Crippen molar-refractivity contribution in [3.63, 3.8) is 0 Å². The summed E-state index contributed by atoms with van der Waals surface area (Å²) in [5.41, 5.74) is -2.60. The summed E-state index contributed by atoms with van der Waals surface area (Å²) in [6.07, 6.45) is -2.83. The smallest absolute Gasteiger partial charge is 0.435 e. The van der Waals surface area contributed by atoms with Gasteiger partial charge in [0, 0.05) is 51.4 Å². The van der Waals surface area contributed by atoms with E-state index in [9.17, 15) is 41.1 Å². The van der Waals surface area contributed by atoms with Crippen molar-refractivity contribution < 1.29 is 45.5 Å². The number of likely N-dealkylation sites (N-methyl/N-ethyl adjacent to an activating group) is 1. The lowest BCUT2D eigenvalue weighted by Crippen LogP contribution is -2.58. The maximum Gasteiger partial charge on any atom is 0.435 e. The lowest BCUT2D eigenvalue weighted by molar-refractivity contribution is -0.141. The predicted molar refractivity (Wildman–Crippen MR) is 182 cm³/mol. The second-order valence-corrected chi connectivity index (χ2v) is 14.1. The van der Waals surface area contributed by atoms with E-state index < -0.39 is 59.1 Å². The molecule has 1 unspecified atom stereocenters. The molecule has 55 heavy (non-hydrogen) atoms. The molecule has 5 heterocycles. The number of amides is 3. The van der Waals surface area contributed by atoms with Gasteiger partial charge in [-0.15, -0.1) is 0 Å². The molecular weight excluding hydrogens is 740 g/mol. The Morgan fingerprint density at radius 3 is 2.42 bits per heavy atom. The van der Waals surface area contributed by atoms with Crippen molar-refractivity contribution in [2.75, 3.05) is 27.2 Å². The van der Waals surface area contributed by atoms with Crippen molar-refractivity contribution in [1.29, 1.82) is 0 Å². The van der Waals surface area contributed by atoms with Crippen molar-refractivity contribution >= 4 is 17.7 Å². The Bertz CT molecular complexity index is 2210. The predicted octanol–water partition coefficient (Wildman–Crippen LogP) is 3.55. The second kappa shape index (κ2) is 14.5. The van der Waals surface area contributed by atoms with Crippen LogP contribution in [-0.2, 0) is 42.2 Å². The quantitative estimate of drug-likeness (QED) is 0.228. The first-order valence-electron chi connectivity index (χ1n) is 17.1. The Kier molecular flexibility index (Phi) is 10.3. The summed E-state index contributed by atoms with van der Waals surface area (Å²) >= 11 is 0. The molecule has 6 rings (SSSR count). The van der Waals surface area contributed by atoms with E-state index in [1.807, 2.05) is 0 Å². The topological polar surface area (TPSA) is 149 Å². The van der Waals surface area contributed by atoms with Crippen molar-refractivity contribution in [2.24, 2.45) is 7.05 Å². The number of ether oxygens (including phenoxy) is 1. The minimum absolute atomic E-state index is 0.00790. The van der Waals surface area contributed by atoms with Gasteiger partial charge in [0.15, 0.2) is 11.4 Å². The fourth-order valence-electron chi connectivity index (χ4n) is 7.03. The highest BCUT2D eigenvalue weighted by molar-refractivity contribution is 6.01. The number of methoxy groups -OCH3 is 1. The average molecular weight is 778 g/mol. The largest absolute Gasteiger partial charge is 0.494 e. The van der Waals surface area contributed by atoms with Gasteiger partial charge in [-0.2, -0.15) is 37.2 Å². The summed E-state index contributed by atoms with van der Waals surface area (Å²) in [6, 6.07) is 2.99. The Morgan fingerprint density at radius 1 is 1.07 bits per heavy atom. The van der Waals surface area contributed by atoms with E-state index >= 15 is 4.39 Å². The zero-order valence-corrected chi connectivity index (χ0v) is 30.3. The zero-order chi connectivity index (χ0) is 40.1. The lowest BCUT2D eigenvalue weighted by Gasteiger charge is -2.37. The van der Waals surface area contributed by atoms with Crippen LogP contribution < -0.4 is 15.6 Å². The molecule has 14 nitrogen and oxygen atoms in total. The number of carbonyl (C=O) groups excluding carboxylic acids is 3. The average Bonchev–Trinajstić information content (AvgIpc) is 3.84. The van der Waals surface area contributed by atoms with Crippen LogP contribution in [0.3, 0.4) is 0 Å². The third-order valence-electron chi connectivity index (χ3n) is 9.73. The number of nitrogens with zero attached hydrogens (tertiary/aromatic N) is 8. The minimum Gasteiger partial charge on any atom is -0.494 e. The zero-order valence-electron chi connectivity index (χ0n) is 30.3. The van der Waals surface area contributed by atoms with Gasteiger partial charge >= 0.3 is 12.7 Å². The number of hydrogen-bond acceptors (Lipinski definition) is 8. The van der Waals surface area contributed by atoms with Crippen LogP contribution in [0.15, 0.2) is 41.5 Å². The number of carbonyl (C=O) groups is 3. The van der Waals surface area contributed by atoms with Gasteiger partial charge in [0.2, 0.25) is 11.8 Å². The standard InChI is InChI=1S/C35H37F6N9O5/c1-34(2,17-50-23(13-26(44-50)35(39,40)41)21-8-10-46(3)31(21)53)43-30(52)24(12-18-15-42-49(16-18)33(37)38)48-11-9-19-20(6-7-22(36)28(19)32(48)54)29-25(55-5)14-27(51)47(4)45-29/h6-7,13-16,21,24,33H,8-12,17H2,1-5H3,(H,43,52)/t21?,24-/m1/s1. The molecule has 0 spiro atoms. The van der Waals surface area contributed by atoms with Crippen LogP contribution in [0.5, 0.6) is 5.75 Å². The number of likely N-dealkylation sites (tertiary alicyclic amines) is 1. The molecule has 2 aliphatic rings. The summed E-state index contributed by atoms with van der Waals surface area (Å²) in [7, 11) is 4.26. The van der Waals surface area contributed by atoms with Gasteiger partial charge in [-0.05, 0) is 56.0 Å². The Hall–Kier alpha value is -5.69. The molecular formula is C35H37F6N9O5. The number of aromatic nitrogens is 6. The summed E-state index contributed by atoms with van der Waals surface area (Å²) in [5, 5.41) is 14.4. The Labute approximate surface area is 309 Å². The van der Waals surface area contributed by atoms with Crippen LogP contribution in [0, 0.1) is 5.82 Å². The monoisotopic (exact) mass is 777 g/mol. The fourth-order valence-corrected chi connectivity index (χ4v) is 7.03. The first-order chi connectivity index (χ1) is 25.8. The van der Waals surface area contributed by atoms with E-state index in [-0.39, 0.29) is 72.1 Å². The highest BCUT2D eigenvalue weighted by Crippen LogP contribution is 2.37.